The van der Waals surface area contributed by atoms with E-state index in [2.05, 4.69) is 26.1 Å². The van der Waals surface area contributed by atoms with Crippen molar-refractivity contribution < 1.29 is 4.79 Å². The van der Waals surface area contributed by atoms with Gasteiger partial charge in [0.15, 0.2) is 0 Å². The van der Waals surface area contributed by atoms with Gasteiger partial charge >= 0.3 is 0 Å². The maximum absolute atomic E-state index is 12.2. The summed E-state index contributed by atoms with van der Waals surface area (Å²) in [4.78, 5) is 12.2. The van der Waals surface area contributed by atoms with Crippen LogP contribution in [0.25, 0.3) is 0 Å². The summed E-state index contributed by atoms with van der Waals surface area (Å²) in [5.74, 6) is -0.0808. The van der Waals surface area contributed by atoms with E-state index in [0.717, 1.165) is 0 Å². The number of carbonyl (C=O) groups excluding carboxylic acids is 1. The Morgan fingerprint density at radius 3 is 1.95 bits per heavy atom. The van der Waals surface area contributed by atoms with Crippen molar-refractivity contribution in [3.63, 3.8) is 0 Å². The topological polar surface area (TPSA) is 55.1 Å². The van der Waals surface area contributed by atoms with Crippen LogP contribution in [0.3, 0.4) is 0 Å². The van der Waals surface area contributed by atoms with Gasteiger partial charge in [-0.1, -0.05) is 32.9 Å². The van der Waals surface area contributed by atoms with Crippen LogP contribution in [0.5, 0.6) is 0 Å². The van der Waals surface area contributed by atoms with Crippen molar-refractivity contribution >= 4 is 5.91 Å². The third-order valence-electron chi connectivity index (χ3n) is 3.59. The smallest absolute Gasteiger partial charge is 0.251 e. The SMILES string of the molecule is CC(N)C(C)(C)NC(=O)c1ccc(C(C)(C)C)cc1. The van der Waals surface area contributed by atoms with Gasteiger partial charge in [-0.05, 0) is 43.9 Å². The predicted molar refractivity (Wildman–Crippen MR) is 80.3 cm³/mol. The molecule has 1 atom stereocenters. The molecule has 0 aromatic heterocycles. The lowest BCUT2D eigenvalue weighted by molar-refractivity contribution is 0.0903. The van der Waals surface area contributed by atoms with Crippen LogP contribution in [-0.4, -0.2) is 17.5 Å². The molecule has 19 heavy (non-hydrogen) atoms. The molecule has 0 fully saturated rings. The molecule has 0 bridgehead atoms. The zero-order valence-corrected chi connectivity index (χ0v) is 12.9. The van der Waals surface area contributed by atoms with Crippen LogP contribution in [0, 0.1) is 0 Å². The van der Waals surface area contributed by atoms with Crippen molar-refractivity contribution in [2.45, 2.75) is 58.5 Å². The maximum Gasteiger partial charge on any atom is 0.251 e. The number of carbonyl (C=O) groups is 1. The van der Waals surface area contributed by atoms with E-state index in [1.807, 2.05) is 45.0 Å². The fourth-order valence-corrected chi connectivity index (χ4v) is 1.60. The van der Waals surface area contributed by atoms with Crippen molar-refractivity contribution in [1.29, 1.82) is 0 Å². The third kappa shape index (κ3) is 4.06. The van der Waals surface area contributed by atoms with E-state index in [0.29, 0.717) is 5.56 Å². The Bertz CT molecular complexity index is 439. The summed E-state index contributed by atoms with van der Waals surface area (Å²) >= 11 is 0. The molecular weight excluding hydrogens is 236 g/mol. The molecular formula is C16H26N2O. The zero-order chi connectivity index (χ0) is 14.8. The first-order valence-corrected chi connectivity index (χ1v) is 6.72. The van der Waals surface area contributed by atoms with Crippen molar-refractivity contribution in [3.8, 4) is 0 Å². The van der Waals surface area contributed by atoms with Gasteiger partial charge in [0.2, 0.25) is 0 Å². The molecule has 1 rings (SSSR count). The van der Waals surface area contributed by atoms with Gasteiger partial charge in [0.05, 0.1) is 0 Å². The van der Waals surface area contributed by atoms with Gasteiger partial charge in [-0.25, -0.2) is 0 Å². The Morgan fingerprint density at radius 2 is 1.58 bits per heavy atom. The lowest BCUT2D eigenvalue weighted by Crippen LogP contribution is -2.54. The molecule has 1 amide bonds. The van der Waals surface area contributed by atoms with E-state index in [1.165, 1.54) is 5.56 Å². The number of benzene rings is 1. The number of hydrogen-bond acceptors (Lipinski definition) is 2. The minimum Gasteiger partial charge on any atom is -0.346 e. The zero-order valence-electron chi connectivity index (χ0n) is 12.9. The molecule has 3 heteroatoms. The van der Waals surface area contributed by atoms with E-state index in [9.17, 15) is 4.79 Å². The Kier molecular flexibility index (Phi) is 4.41. The van der Waals surface area contributed by atoms with E-state index in [-0.39, 0.29) is 17.4 Å². The number of nitrogens with one attached hydrogen (secondary N) is 1. The van der Waals surface area contributed by atoms with Crippen LogP contribution < -0.4 is 11.1 Å². The summed E-state index contributed by atoms with van der Waals surface area (Å²) in [7, 11) is 0. The highest BCUT2D eigenvalue weighted by Gasteiger charge is 2.25. The molecule has 0 spiro atoms. The van der Waals surface area contributed by atoms with Crippen LogP contribution in [-0.2, 0) is 5.41 Å². The summed E-state index contributed by atoms with van der Waals surface area (Å²) in [6, 6.07) is 7.65. The predicted octanol–water partition coefficient (Wildman–Crippen LogP) is 2.84. The highest BCUT2D eigenvalue weighted by molar-refractivity contribution is 5.94. The highest BCUT2D eigenvalue weighted by atomic mass is 16.1. The lowest BCUT2D eigenvalue weighted by Gasteiger charge is -2.30. The van der Waals surface area contributed by atoms with Gasteiger partial charge in [0.25, 0.3) is 5.91 Å². The minimum absolute atomic E-state index is 0.0808. The summed E-state index contributed by atoms with van der Waals surface area (Å²) < 4.78 is 0. The monoisotopic (exact) mass is 262 g/mol. The molecule has 1 aromatic rings. The lowest BCUT2D eigenvalue weighted by atomic mass is 9.86. The number of hydrogen-bond donors (Lipinski definition) is 2. The second-order valence-electron chi connectivity index (χ2n) is 6.79. The average molecular weight is 262 g/mol. The molecule has 0 aliphatic carbocycles. The van der Waals surface area contributed by atoms with E-state index >= 15 is 0 Å². The fourth-order valence-electron chi connectivity index (χ4n) is 1.60. The van der Waals surface area contributed by atoms with E-state index in [4.69, 9.17) is 5.73 Å². The summed E-state index contributed by atoms with van der Waals surface area (Å²) in [5, 5.41) is 2.97. The van der Waals surface area contributed by atoms with Crippen LogP contribution in [0.2, 0.25) is 0 Å². The molecule has 0 aliphatic rings. The molecule has 106 valence electrons. The van der Waals surface area contributed by atoms with Crippen molar-refractivity contribution in [2.75, 3.05) is 0 Å². The fraction of sp³-hybridized carbons (Fsp3) is 0.562. The largest absolute Gasteiger partial charge is 0.346 e. The first-order chi connectivity index (χ1) is 8.54. The Morgan fingerprint density at radius 1 is 1.11 bits per heavy atom. The molecule has 0 saturated heterocycles. The molecule has 0 saturated carbocycles. The Labute approximate surface area is 116 Å². The van der Waals surface area contributed by atoms with Gasteiger partial charge < -0.3 is 11.1 Å². The van der Waals surface area contributed by atoms with Crippen LogP contribution in [0.1, 0.15) is 57.5 Å². The van der Waals surface area contributed by atoms with Crippen LogP contribution >= 0.6 is 0 Å². The van der Waals surface area contributed by atoms with Gasteiger partial charge in [-0.3, -0.25) is 4.79 Å². The number of rotatable bonds is 3. The van der Waals surface area contributed by atoms with Gasteiger partial charge in [0, 0.05) is 17.1 Å². The Balaban J connectivity index is 2.85. The normalized spacial score (nSPS) is 14.1. The molecule has 0 heterocycles. The van der Waals surface area contributed by atoms with E-state index in [1.54, 1.807) is 0 Å². The molecule has 0 radical (unpaired) electrons. The summed E-state index contributed by atoms with van der Waals surface area (Å²) in [6.45, 7) is 12.2. The quantitative estimate of drug-likeness (QED) is 0.880. The van der Waals surface area contributed by atoms with Crippen molar-refractivity contribution in [3.05, 3.63) is 35.4 Å². The second-order valence-corrected chi connectivity index (χ2v) is 6.79. The highest BCUT2D eigenvalue weighted by Crippen LogP contribution is 2.22. The van der Waals surface area contributed by atoms with Crippen molar-refractivity contribution in [1.82, 2.24) is 5.32 Å². The summed E-state index contributed by atoms with van der Waals surface area (Å²) in [5.41, 5.74) is 7.43. The first kappa shape index (κ1) is 15.7. The Hall–Kier alpha value is -1.35. The van der Waals surface area contributed by atoms with Crippen LogP contribution in [0.15, 0.2) is 24.3 Å². The maximum atomic E-state index is 12.2. The first-order valence-electron chi connectivity index (χ1n) is 6.72. The third-order valence-corrected chi connectivity index (χ3v) is 3.59. The van der Waals surface area contributed by atoms with Gasteiger partial charge in [0.1, 0.15) is 0 Å². The van der Waals surface area contributed by atoms with Gasteiger partial charge in [-0.2, -0.15) is 0 Å². The molecule has 1 unspecified atom stereocenters. The molecule has 1 aromatic carbocycles. The minimum atomic E-state index is -0.417. The average Bonchev–Trinajstić information content (AvgIpc) is 2.27. The number of amides is 1. The molecule has 3 N–H and O–H groups in total. The second kappa shape index (κ2) is 5.33. The molecule has 0 aliphatic heterocycles. The van der Waals surface area contributed by atoms with Crippen LogP contribution in [0.4, 0.5) is 0 Å². The van der Waals surface area contributed by atoms with Gasteiger partial charge in [-0.15, -0.1) is 0 Å². The van der Waals surface area contributed by atoms with E-state index < -0.39 is 5.54 Å². The summed E-state index contributed by atoms with van der Waals surface area (Å²) in [6.07, 6.45) is 0. The standard InChI is InChI=1S/C16H26N2O/c1-11(17)16(5,6)18-14(19)12-7-9-13(10-8-12)15(2,3)4/h7-11H,17H2,1-6H3,(H,18,19). The van der Waals surface area contributed by atoms with Crippen molar-refractivity contribution in [2.24, 2.45) is 5.73 Å². The molecule has 3 nitrogen and oxygen atoms in total. The number of nitrogens with two attached hydrogens (primary N) is 1.